The molecule has 0 atom stereocenters. The number of rotatable bonds is 5. The van der Waals surface area contributed by atoms with Crippen LogP contribution < -0.4 is 4.72 Å². The average molecular weight is 564 g/mol. The minimum atomic E-state index is -3.95. The Hall–Kier alpha value is -1.19. The fourth-order valence-electron chi connectivity index (χ4n) is 2.67. The monoisotopic (exact) mass is 561 g/mol. The first kappa shape index (κ1) is 21.5. The number of thiophene rings is 1. The van der Waals surface area contributed by atoms with E-state index in [2.05, 4.69) is 36.6 Å². The summed E-state index contributed by atoms with van der Waals surface area (Å²) in [5.41, 5.74) is 2.76. The summed E-state index contributed by atoms with van der Waals surface area (Å²) < 4.78 is 28.8. The zero-order valence-electron chi connectivity index (χ0n) is 14.5. The molecule has 0 fully saturated rings. The number of hydrogen-bond acceptors (Lipinski definition) is 4. The number of amides is 1. The summed E-state index contributed by atoms with van der Waals surface area (Å²) in [6, 6.07) is 13.8. The van der Waals surface area contributed by atoms with Gasteiger partial charge in [-0.25, -0.2) is 13.1 Å². The quantitative estimate of drug-likeness (QED) is 0.418. The van der Waals surface area contributed by atoms with Gasteiger partial charge < -0.3 is 0 Å². The molecule has 1 aromatic heterocycles. The third kappa shape index (κ3) is 4.86. The van der Waals surface area contributed by atoms with Gasteiger partial charge in [-0.15, -0.1) is 11.3 Å². The fraction of sp³-hybridized carbons (Fsp3) is 0.105. The maximum atomic E-state index is 12.8. The van der Waals surface area contributed by atoms with Crippen LogP contribution in [-0.2, 0) is 16.4 Å². The number of carbonyl (C=O) groups excluding carboxylic acids is 1. The second-order valence-electron chi connectivity index (χ2n) is 6.01. The van der Waals surface area contributed by atoms with Gasteiger partial charge in [0.1, 0.15) is 4.21 Å². The summed E-state index contributed by atoms with van der Waals surface area (Å²) in [4.78, 5) is 12.8. The van der Waals surface area contributed by atoms with Gasteiger partial charge >= 0.3 is 0 Å². The number of sulfonamides is 1. The van der Waals surface area contributed by atoms with Crippen molar-refractivity contribution in [2.45, 2.75) is 17.6 Å². The minimum absolute atomic E-state index is 0.0675. The van der Waals surface area contributed by atoms with E-state index in [1.54, 1.807) is 24.3 Å². The van der Waals surface area contributed by atoms with Gasteiger partial charge in [-0.1, -0.05) is 45.7 Å². The van der Waals surface area contributed by atoms with Gasteiger partial charge in [-0.2, -0.15) is 0 Å². The van der Waals surface area contributed by atoms with Crippen LogP contribution in [0.5, 0.6) is 0 Å². The van der Waals surface area contributed by atoms with E-state index in [1.165, 1.54) is 6.07 Å². The lowest BCUT2D eigenvalue weighted by Gasteiger charge is -2.14. The largest absolute Gasteiger partial charge is 0.273 e. The van der Waals surface area contributed by atoms with E-state index in [0.717, 1.165) is 32.5 Å². The summed E-state index contributed by atoms with van der Waals surface area (Å²) in [7, 11) is -3.95. The molecular formula is C19H14Br2ClNO3S2. The van der Waals surface area contributed by atoms with Crippen LogP contribution >= 0.6 is 54.8 Å². The zero-order valence-corrected chi connectivity index (χ0v) is 20.1. The molecule has 0 spiro atoms. The Bertz CT molecular complexity index is 1160. The Morgan fingerprint density at radius 2 is 1.89 bits per heavy atom. The zero-order chi connectivity index (χ0) is 20.5. The summed E-state index contributed by atoms with van der Waals surface area (Å²) in [6.45, 7) is 1.88. The molecule has 0 aliphatic carbocycles. The van der Waals surface area contributed by atoms with Gasteiger partial charge in [0.05, 0.1) is 3.79 Å². The van der Waals surface area contributed by atoms with Crippen molar-refractivity contribution in [2.24, 2.45) is 0 Å². The van der Waals surface area contributed by atoms with Gasteiger partial charge in [-0.05, 0) is 76.3 Å². The molecule has 146 valence electrons. The number of carbonyl (C=O) groups is 1. The van der Waals surface area contributed by atoms with Crippen LogP contribution in [0.15, 0.2) is 61.0 Å². The Labute approximate surface area is 189 Å². The molecule has 0 radical (unpaired) electrons. The first-order valence-corrected chi connectivity index (χ1v) is 12.3. The summed E-state index contributed by atoms with van der Waals surface area (Å²) in [5, 5.41) is 0.569. The first-order valence-electron chi connectivity index (χ1n) is 8.02. The van der Waals surface area contributed by atoms with Gasteiger partial charge in [0.2, 0.25) is 0 Å². The topological polar surface area (TPSA) is 63.2 Å². The molecule has 1 amide bonds. The molecule has 1 heterocycles. The van der Waals surface area contributed by atoms with Crippen LogP contribution in [0, 0.1) is 6.92 Å². The lowest BCUT2D eigenvalue weighted by molar-refractivity contribution is 0.0980. The van der Waals surface area contributed by atoms with Gasteiger partial charge in [-0.3, -0.25) is 4.79 Å². The van der Waals surface area contributed by atoms with Crippen molar-refractivity contribution in [3.05, 3.63) is 84.1 Å². The van der Waals surface area contributed by atoms with Crippen molar-refractivity contribution in [2.75, 3.05) is 0 Å². The van der Waals surface area contributed by atoms with Crippen LogP contribution in [0.3, 0.4) is 0 Å². The summed E-state index contributed by atoms with van der Waals surface area (Å²) in [5.74, 6) is -0.670. The Morgan fingerprint density at radius 1 is 1.14 bits per heavy atom. The molecule has 0 aliphatic heterocycles. The number of benzene rings is 2. The third-order valence-corrected chi connectivity index (χ3v) is 8.37. The van der Waals surface area contributed by atoms with Gasteiger partial charge in [0.15, 0.2) is 0 Å². The van der Waals surface area contributed by atoms with Crippen LogP contribution in [-0.4, -0.2) is 14.3 Å². The van der Waals surface area contributed by atoms with Gasteiger partial charge in [0, 0.05) is 15.1 Å². The molecule has 0 unspecified atom stereocenters. The van der Waals surface area contributed by atoms with Crippen LogP contribution in [0.25, 0.3) is 0 Å². The molecular weight excluding hydrogens is 550 g/mol. The summed E-state index contributed by atoms with van der Waals surface area (Å²) in [6.07, 6.45) is 0.409. The Morgan fingerprint density at radius 3 is 2.54 bits per heavy atom. The second-order valence-corrected chi connectivity index (χ2v) is 11.7. The fourth-order valence-corrected chi connectivity index (χ4v) is 6.39. The normalized spacial score (nSPS) is 11.4. The van der Waals surface area contributed by atoms with Crippen LogP contribution in [0.4, 0.5) is 0 Å². The maximum Gasteiger partial charge on any atom is 0.273 e. The van der Waals surface area contributed by atoms with E-state index in [1.807, 2.05) is 25.1 Å². The first-order chi connectivity index (χ1) is 13.2. The number of aryl methyl sites for hydroxylation is 1. The number of halogens is 3. The van der Waals surface area contributed by atoms with Crippen molar-refractivity contribution in [3.63, 3.8) is 0 Å². The van der Waals surface area contributed by atoms with Crippen LogP contribution in [0.1, 0.15) is 27.0 Å². The SMILES string of the molecule is Cc1cccc(C(=O)NS(=O)(=O)c2ccc(Br)s2)c1Cc1ccc(Br)cc1Cl. The van der Waals surface area contributed by atoms with E-state index in [4.69, 9.17) is 11.6 Å². The average Bonchev–Trinajstić information content (AvgIpc) is 3.05. The molecule has 3 aromatic rings. The highest BCUT2D eigenvalue weighted by Crippen LogP contribution is 2.28. The molecule has 1 N–H and O–H groups in total. The van der Waals surface area contributed by atoms with E-state index in [9.17, 15) is 13.2 Å². The van der Waals surface area contributed by atoms with Crippen molar-refractivity contribution < 1.29 is 13.2 Å². The van der Waals surface area contributed by atoms with E-state index < -0.39 is 15.9 Å². The standard InChI is InChI=1S/C19H14Br2ClNO3S2/c1-11-3-2-4-14(15(11)9-12-5-6-13(20)10-16(12)22)19(24)23-28(25,26)18-8-7-17(21)27-18/h2-8,10H,9H2,1H3,(H,23,24). The van der Waals surface area contributed by atoms with E-state index >= 15 is 0 Å². The van der Waals surface area contributed by atoms with Crippen molar-refractivity contribution in [1.82, 2.24) is 4.72 Å². The highest BCUT2D eigenvalue weighted by molar-refractivity contribution is 9.11. The highest BCUT2D eigenvalue weighted by Gasteiger charge is 2.23. The van der Waals surface area contributed by atoms with Crippen molar-refractivity contribution in [3.8, 4) is 0 Å². The number of hydrogen-bond donors (Lipinski definition) is 1. The predicted octanol–water partition coefficient (Wildman–Crippen LogP) is 5.94. The lowest BCUT2D eigenvalue weighted by atomic mass is 9.95. The van der Waals surface area contributed by atoms with Crippen molar-refractivity contribution >= 4 is 70.7 Å². The van der Waals surface area contributed by atoms with Crippen molar-refractivity contribution in [1.29, 1.82) is 0 Å². The van der Waals surface area contributed by atoms with Gasteiger partial charge in [0.25, 0.3) is 15.9 Å². The second kappa shape index (κ2) is 8.67. The van der Waals surface area contributed by atoms with E-state index in [0.29, 0.717) is 20.8 Å². The minimum Gasteiger partial charge on any atom is -0.268 e. The molecule has 0 aliphatic rings. The predicted molar refractivity (Wildman–Crippen MR) is 120 cm³/mol. The highest BCUT2D eigenvalue weighted by atomic mass is 79.9. The Kier molecular flexibility index (Phi) is 6.66. The van der Waals surface area contributed by atoms with Crippen LogP contribution in [0.2, 0.25) is 5.02 Å². The molecule has 0 bridgehead atoms. The molecule has 4 nitrogen and oxygen atoms in total. The smallest absolute Gasteiger partial charge is 0.268 e. The molecule has 28 heavy (non-hydrogen) atoms. The Balaban J connectivity index is 1.94. The maximum absolute atomic E-state index is 12.8. The molecule has 2 aromatic carbocycles. The molecule has 0 saturated carbocycles. The number of nitrogens with one attached hydrogen (secondary N) is 1. The van der Waals surface area contributed by atoms with E-state index in [-0.39, 0.29) is 4.21 Å². The summed E-state index contributed by atoms with van der Waals surface area (Å²) >= 11 is 14.0. The third-order valence-electron chi connectivity index (χ3n) is 4.08. The molecule has 3 rings (SSSR count). The lowest BCUT2D eigenvalue weighted by Crippen LogP contribution is -2.31. The molecule has 9 heteroatoms. The molecule has 0 saturated heterocycles.